The summed E-state index contributed by atoms with van der Waals surface area (Å²) in [5.41, 5.74) is 1.66. The number of nitrogens with zero attached hydrogens (tertiary/aromatic N) is 3. The summed E-state index contributed by atoms with van der Waals surface area (Å²) in [5.74, 6) is 0.418. The first-order valence-electron chi connectivity index (χ1n) is 10.5. The zero-order valence-corrected chi connectivity index (χ0v) is 18.5. The smallest absolute Gasteiger partial charge is 0.252 e. The maximum Gasteiger partial charge on any atom is 0.252 e. The van der Waals surface area contributed by atoms with Crippen LogP contribution < -0.4 is 20.1 Å². The first-order chi connectivity index (χ1) is 14.7. The minimum Gasteiger partial charge on any atom is -0.342 e. The molecule has 1 atom stereocenters. The van der Waals surface area contributed by atoms with Gasteiger partial charge in [-0.2, -0.15) is 0 Å². The van der Waals surface area contributed by atoms with E-state index in [-0.39, 0.29) is 16.4 Å². The Morgan fingerprint density at radius 1 is 1.16 bits per heavy atom. The maximum atomic E-state index is 13.0. The number of rotatable bonds is 5. The average Bonchev–Trinajstić information content (AvgIpc) is 3.27. The van der Waals surface area contributed by atoms with Crippen LogP contribution in [0, 0.1) is 0 Å². The van der Waals surface area contributed by atoms with Gasteiger partial charge < -0.3 is 9.80 Å². The van der Waals surface area contributed by atoms with Gasteiger partial charge in [0.15, 0.2) is 0 Å². The summed E-state index contributed by atoms with van der Waals surface area (Å²) in [6, 6.07) is 5.46. The van der Waals surface area contributed by atoms with E-state index in [2.05, 4.69) is 14.7 Å². The molecule has 0 radical (unpaired) electrons. The van der Waals surface area contributed by atoms with Crippen LogP contribution in [0.25, 0.3) is 0 Å². The average molecular weight is 446 g/mol. The molecule has 2 aromatic rings. The monoisotopic (exact) mass is 445 g/mol. The Balaban J connectivity index is 1.58. The van der Waals surface area contributed by atoms with Gasteiger partial charge in [0.05, 0.1) is 16.6 Å². The lowest BCUT2D eigenvalue weighted by molar-refractivity contribution is -0.116. The van der Waals surface area contributed by atoms with Crippen molar-refractivity contribution >= 4 is 27.6 Å². The molecule has 9 nitrogen and oxygen atoms in total. The van der Waals surface area contributed by atoms with Crippen molar-refractivity contribution in [3.8, 4) is 0 Å². The SMILES string of the molecule is CC(=O)N1CCCc2cc(S(=O)(=O)N[C@@H](C)c3cc(=O)[nH]c(N4CCCC4)n3)ccc21. The summed E-state index contributed by atoms with van der Waals surface area (Å²) < 4.78 is 28.7. The second-order valence-electron chi connectivity index (χ2n) is 8.10. The van der Waals surface area contributed by atoms with E-state index in [1.165, 1.54) is 19.1 Å². The Morgan fingerprint density at radius 3 is 2.61 bits per heavy atom. The van der Waals surface area contributed by atoms with E-state index in [4.69, 9.17) is 0 Å². The second-order valence-corrected chi connectivity index (χ2v) is 9.81. The minimum atomic E-state index is -3.84. The van der Waals surface area contributed by atoms with Crippen LogP contribution >= 0.6 is 0 Å². The molecule has 1 aromatic heterocycles. The van der Waals surface area contributed by atoms with Crippen molar-refractivity contribution in [2.24, 2.45) is 0 Å². The molecule has 3 heterocycles. The number of anilines is 2. The highest BCUT2D eigenvalue weighted by atomic mass is 32.2. The molecule has 0 unspecified atom stereocenters. The van der Waals surface area contributed by atoms with Crippen molar-refractivity contribution in [1.29, 1.82) is 0 Å². The van der Waals surface area contributed by atoms with E-state index in [1.807, 2.05) is 4.90 Å². The van der Waals surface area contributed by atoms with Gasteiger partial charge in [-0.1, -0.05) is 0 Å². The van der Waals surface area contributed by atoms with Crippen molar-refractivity contribution in [2.45, 2.75) is 50.5 Å². The Kier molecular flexibility index (Phi) is 5.85. The number of amides is 1. The highest BCUT2D eigenvalue weighted by molar-refractivity contribution is 7.89. The van der Waals surface area contributed by atoms with E-state index in [9.17, 15) is 18.0 Å². The van der Waals surface area contributed by atoms with Crippen LogP contribution in [0.15, 0.2) is 34.0 Å². The topological polar surface area (TPSA) is 115 Å². The highest BCUT2D eigenvalue weighted by Gasteiger charge is 2.25. The van der Waals surface area contributed by atoms with Gasteiger partial charge in [0.2, 0.25) is 21.9 Å². The third kappa shape index (κ3) is 4.49. The number of H-pyrrole nitrogens is 1. The number of aromatic amines is 1. The summed E-state index contributed by atoms with van der Waals surface area (Å²) in [4.78, 5) is 35.0. The number of benzene rings is 1. The Bertz CT molecular complexity index is 1150. The van der Waals surface area contributed by atoms with Gasteiger partial charge in [-0.3, -0.25) is 14.6 Å². The molecule has 0 spiro atoms. The van der Waals surface area contributed by atoms with Gasteiger partial charge in [0.1, 0.15) is 0 Å². The summed E-state index contributed by atoms with van der Waals surface area (Å²) in [5, 5.41) is 0. The Labute approximate surface area is 181 Å². The maximum absolute atomic E-state index is 13.0. The van der Waals surface area contributed by atoms with E-state index in [0.717, 1.165) is 43.6 Å². The molecule has 1 amide bonds. The molecule has 1 aromatic carbocycles. The molecule has 2 aliphatic heterocycles. The normalized spacial score (nSPS) is 17.5. The largest absolute Gasteiger partial charge is 0.342 e. The van der Waals surface area contributed by atoms with E-state index >= 15 is 0 Å². The number of carbonyl (C=O) groups is 1. The van der Waals surface area contributed by atoms with E-state index in [0.29, 0.717) is 24.6 Å². The van der Waals surface area contributed by atoms with E-state index < -0.39 is 16.1 Å². The van der Waals surface area contributed by atoms with Crippen molar-refractivity contribution in [1.82, 2.24) is 14.7 Å². The quantitative estimate of drug-likeness (QED) is 0.724. The molecule has 0 aliphatic carbocycles. The summed E-state index contributed by atoms with van der Waals surface area (Å²) in [6.45, 7) is 5.45. The van der Waals surface area contributed by atoms with Crippen molar-refractivity contribution in [2.75, 3.05) is 29.4 Å². The lowest BCUT2D eigenvalue weighted by atomic mass is 10.0. The number of fused-ring (bicyclic) bond motifs is 1. The number of sulfonamides is 1. The first kappa shape index (κ1) is 21.5. The van der Waals surface area contributed by atoms with Gasteiger partial charge >= 0.3 is 0 Å². The Hall–Kier alpha value is -2.72. The number of hydrogen-bond donors (Lipinski definition) is 2. The lowest BCUT2D eigenvalue weighted by Gasteiger charge is -2.29. The number of hydrogen-bond acceptors (Lipinski definition) is 6. The number of aryl methyl sites for hydroxylation is 1. The summed E-state index contributed by atoms with van der Waals surface area (Å²) in [6.07, 6.45) is 3.58. The zero-order valence-electron chi connectivity index (χ0n) is 17.7. The number of carbonyl (C=O) groups excluding carboxylic acids is 1. The van der Waals surface area contributed by atoms with Gasteiger partial charge in [-0.25, -0.2) is 18.1 Å². The molecule has 166 valence electrons. The molecule has 31 heavy (non-hydrogen) atoms. The fraction of sp³-hybridized carbons (Fsp3) is 0.476. The molecule has 4 rings (SSSR count). The van der Waals surface area contributed by atoms with Crippen LogP contribution in [0.5, 0.6) is 0 Å². The van der Waals surface area contributed by atoms with Crippen molar-refractivity contribution in [3.05, 3.63) is 45.9 Å². The first-order valence-corrected chi connectivity index (χ1v) is 12.0. The van der Waals surface area contributed by atoms with Gasteiger partial charge in [0.25, 0.3) is 5.56 Å². The number of aromatic nitrogens is 2. The molecule has 10 heteroatoms. The fourth-order valence-corrected chi connectivity index (χ4v) is 5.46. The van der Waals surface area contributed by atoms with E-state index in [1.54, 1.807) is 24.0 Å². The van der Waals surface area contributed by atoms with Gasteiger partial charge in [0, 0.05) is 38.3 Å². The fourth-order valence-electron chi connectivity index (χ4n) is 4.19. The summed E-state index contributed by atoms with van der Waals surface area (Å²) in [7, 11) is -3.84. The van der Waals surface area contributed by atoms with Crippen LogP contribution in [0.4, 0.5) is 11.6 Å². The molecule has 0 bridgehead atoms. The molecular weight excluding hydrogens is 418 g/mol. The molecular formula is C21H27N5O4S. The van der Waals surface area contributed by atoms with Crippen molar-refractivity contribution in [3.63, 3.8) is 0 Å². The standard InChI is InChI=1S/C21H27N5O4S/c1-14(18-13-20(28)23-21(22-18)25-9-3-4-10-25)24-31(29,30)17-7-8-19-16(12-17)6-5-11-26(19)15(2)27/h7-8,12-14,24H,3-6,9-11H2,1-2H3,(H,22,23,28)/t14-/m0/s1. The van der Waals surface area contributed by atoms with Crippen LogP contribution in [0.1, 0.15) is 50.4 Å². The van der Waals surface area contributed by atoms with Crippen LogP contribution in [0.3, 0.4) is 0 Å². The molecule has 0 saturated carbocycles. The van der Waals surface area contributed by atoms with Crippen LogP contribution in [0.2, 0.25) is 0 Å². The molecule has 2 N–H and O–H groups in total. The lowest BCUT2D eigenvalue weighted by Crippen LogP contribution is -2.34. The molecule has 1 fully saturated rings. The minimum absolute atomic E-state index is 0.0579. The van der Waals surface area contributed by atoms with Crippen LogP contribution in [-0.2, 0) is 21.2 Å². The van der Waals surface area contributed by atoms with Gasteiger partial charge in [-0.15, -0.1) is 0 Å². The number of nitrogens with one attached hydrogen (secondary N) is 2. The predicted octanol–water partition coefficient (Wildman–Crippen LogP) is 1.71. The van der Waals surface area contributed by atoms with Gasteiger partial charge in [-0.05, 0) is 56.4 Å². The highest BCUT2D eigenvalue weighted by Crippen LogP contribution is 2.30. The molecule has 1 saturated heterocycles. The molecule has 2 aliphatic rings. The third-order valence-electron chi connectivity index (χ3n) is 5.79. The third-order valence-corrected chi connectivity index (χ3v) is 7.33. The zero-order chi connectivity index (χ0) is 22.2. The predicted molar refractivity (Wildman–Crippen MR) is 118 cm³/mol. The second kappa shape index (κ2) is 8.43. The van der Waals surface area contributed by atoms with Crippen LogP contribution in [-0.4, -0.2) is 43.9 Å². The Morgan fingerprint density at radius 2 is 1.90 bits per heavy atom. The summed E-state index contributed by atoms with van der Waals surface area (Å²) >= 11 is 0. The van der Waals surface area contributed by atoms with Crippen molar-refractivity contribution < 1.29 is 13.2 Å².